The Labute approximate surface area is 136 Å². The number of hydrogen-bond acceptors (Lipinski definition) is 3. The molecule has 1 saturated carbocycles. The lowest BCUT2D eigenvalue weighted by molar-refractivity contribution is 0.0527. The summed E-state index contributed by atoms with van der Waals surface area (Å²) in [5, 5.41) is 6.47. The molecular weight excluding hydrogens is 276 g/mol. The molecule has 0 bridgehead atoms. The van der Waals surface area contributed by atoms with Crippen molar-refractivity contribution in [2.45, 2.75) is 90.7 Å². The van der Waals surface area contributed by atoms with E-state index < -0.39 is 5.60 Å². The van der Waals surface area contributed by atoms with E-state index in [0.717, 1.165) is 18.9 Å². The molecule has 0 radical (unpaired) electrons. The summed E-state index contributed by atoms with van der Waals surface area (Å²) >= 11 is 0. The van der Waals surface area contributed by atoms with Gasteiger partial charge in [0.05, 0.1) is 0 Å². The predicted molar refractivity (Wildman–Crippen MR) is 92.1 cm³/mol. The van der Waals surface area contributed by atoms with Crippen molar-refractivity contribution in [2.24, 2.45) is 5.92 Å². The van der Waals surface area contributed by atoms with Crippen LogP contribution in [-0.2, 0) is 4.74 Å². The molecule has 0 spiro atoms. The Hall–Kier alpha value is -0.770. The lowest BCUT2D eigenvalue weighted by Gasteiger charge is -2.20. The van der Waals surface area contributed by atoms with Gasteiger partial charge in [-0.1, -0.05) is 32.6 Å². The lowest BCUT2D eigenvalue weighted by atomic mass is 9.95. The second-order valence-electron chi connectivity index (χ2n) is 7.60. The summed E-state index contributed by atoms with van der Waals surface area (Å²) in [6.45, 7) is 9.58. The maximum Gasteiger partial charge on any atom is 0.407 e. The van der Waals surface area contributed by atoms with Crippen molar-refractivity contribution in [3.8, 4) is 0 Å². The molecule has 2 atom stereocenters. The van der Waals surface area contributed by atoms with Gasteiger partial charge in [0, 0.05) is 12.6 Å². The van der Waals surface area contributed by atoms with Crippen molar-refractivity contribution >= 4 is 6.09 Å². The van der Waals surface area contributed by atoms with Crippen molar-refractivity contribution in [3.63, 3.8) is 0 Å². The fourth-order valence-electron chi connectivity index (χ4n) is 3.18. The largest absolute Gasteiger partial charge is 0.444 e. The van der Waals surface area contributed by atoms with Crippen LogP contribution >= 0.6 is 0 Å². The average Bonchev–Trinajstić information content (AvgIpc) is 2.62. The first-order valence-corrected chi connectivity index (χ1v) is 9.11. The number of amides is 1. The van der Waals surface area contributed by atoms with Crippen LogP contribution in [0.2, 0.25) is 0 Å². The van der Waals surface area contributed by atoms with Crippen LogP contribution < -0.4 is 10.6 Å². The van der Waals surface area contributed by atoms with Gasteiger partial charge in [-0.05, 0) is 58.9 Å². The van der Waals surface area contributed by atoms with Gasteiger partial charge in [-0.3, -0.25) is 0 Å². The van der Waals surface area contributed by atoms with E-state index in [4.69, 9.17) is 4.74 Å². The summed E-state index contributed by atoms with van der Waals surface area (Å²) < 4.78 is 5.22. The predicted octanol–water partition coefficient (Wildman–Crippen LogP) is 4.24. The first-order valence-electron chi connectivity index (χ1n) is 9.11. The molecule has 1 rings (SSSR count). The Morgan fingerprint density at radius 3 is 2.59 bits per heavy atom. The minimum Gasteiger partial charge on any atom is -0.444 e. The SMILES string of the molecule is CCCC1CCCC(NCCCNC(=O)OC(C)(C)C)CC1. The number of nitrogens with one attached hydrogen (secondary N) is 2. The van der Waals surface area contributed by atoms with Crippen LogP contribution in [0.5, 0.6) is 0 Å². The van der Waals surface area contributed by atoms with Gasteiger partial charge in [-0.25, -0.2) is 4.79 Å². The van der Waals surface area contributed by atoms with Gasteiger partial charge in [-0.2, -0.15) is 0 Å². The molecule has 2 N–H and O–H groups in total. The molecule has 0 aromatic carbocycles. The number of rotatable bonds is 7. The number of ether oxygens (including phenoxy) is 1. The highest BCUT2D eigenvalue weighted by molar-refractivity contribution is 5.67. The third-order valence-corrected chi connectivity index (χ3v) is 4.24. The fraction of sp³-hybridized carbons (Fsp3) is 0.944. The fourth-order valence-corrected chi connectivity index (χ4v) is 3.18. The van der Waals surface area contributed by atoms with Crippen LogP contribution in [0.3, 0.4) is 0 Å². The molecule has 0 aliphatic heterocycles. The van der Waals surface area contributed by atoms with Crippen LogP contribution in [0.15, 0.2) is 0 Å². The first kappa shape index (κ1) is 19.3. The third-order valence-electron chi connectivity index (χ3n) is 4.24. The topological polar surface area (TPSA) is 50.4 Å². The zero-order valence-corrected chi connectivity index (χ0v) is 15.0. The van der Waals surface area contributed by atoms with Crippen LogP contribution in [0.25, 0.3) is 0 Å². The van der Waals surface area contributed by atoms with E-state index in [2.05, 4.69) is 17.6 Å². The molecule has 4 nitrogen and oxygen atoms in total. The summed E-state index contributed by atoms with van der Waals surface area (Å²) in [6, 6.07) is 0.670. The number of alkyl carbamates (subject to hydrolysis) is 1. The minimum absolute atomic E-state index is 0.315. The van der Waals surface area contributed by atoms with Crippen LogP contribution in [0.4, 0.5) is 4.79 Å². The van der Waals surface area contributed by atoms with E-state index >= 15 is 0 Å². The number of carbonyl (C=O) groups is 1. The minimum atomic E-state index is -0.419. The first-order chi connectivity index (χ1) is 10.4. The van der Waals surface area contributed by atoms with Crippen LogP contribution in [-0.4, -0.2) is 30.8 Å². The molecule has 0 aromatic heterocycles. The second-order valence-corrected chi connectivity index (χ2v) is 7.60. The van der Waals surface area contributed by atoms with Crippen molar-refractivity contribution in [3.05, 3.63) is 0 Å². The highest BCUT2D eigenvalue weighted by Crippen LogP contribution is 2.26. The normalized spacial score (nSPS) is 22.9. The lowest BCUT2D eigenvalue weighted by Crippen LogP contribution is -2.35. The molecule has 1 fully saturated rings. The molecule has 1 aliphatic rings. The molecule has 4 heteroatoms. The quantitative estimate of drug-likeness (QED) is 0.546. The van der Waals surface area contributed by atoms with Gasteiger partial charge in [0.25, 0.3) is 0 Å². The Kier molecular flexibility index (Phi) is 8.84. The number of carbonyl (C=O) groups excluding carboxylic acids is 1. The smallest absolute Gasteiger partial charge is 0.407 e. The zero-order valence-electron chi connectivity index (χ0n) is 15.0. The summed E-state index contributed by atoms with van der Waals surface area (Å²) in [6.07, 6.45) is 10.1. The van der Waals surface area contributed by atoms with E-state index in [-0.39, 0.29) is 6.09 Å². The summed E-state index contributed by atoms with van der Waals surface area (Å²) in [4.78, 5) is 11.5. The van der Waals surface area contributed by atoms with Crippen molar-refractivity contribution in [2.75, 3.05) is 13.1 Å². The summed E-state index contributed by atoms with van der Waals surface area (Å²) in [7, 11) is 0. The maximum atomic E-state index is 11.5. The zero-order chi connectivity index (χ0) is 16.4. The second kappa shape index (κ2) is 10.1. The Morgan fingerprint density at radius 2 is 1.91 bits per heavy atom. The maximum absolute atomic E-state index is 11.5. The molecule has 1 amide bonds. The highest BCUT2D eigenvalue weighted by atomic mass is 16.6. The molecule has 2 unspecified atom stereocenters. The third kappa shape index (κ3) is 9.29. The average molecular weight is 312 g/mol. The standard InChI is InChI=1S/C18H36N2O2/c1-5-8-15-9-6-10-16(12-11-15)19-13-7-14-20-17(21)22-18(2,3)4/h15-16,19H,5-14H2,1-4H3,(H,20,21). The van der Waals surface area contributed by atoms with E-state index in [0.29, 0.717) is 12.6 Å². The van der Waals surface area contributed by atoms with E-state index in [1.54, 1.807) is 0 Å². The molecular formula is C18H36N2O2. The highest BCUT2D eigenvalue weighted by Gasteiger charge is 2.18. The summed E-state index contributed by atoms with van der Waals surface area (Å²) in [5.74, 6) is 0.950. The molecule has 130 valence electrons. The van der Waals surface area contributed by atoms with Crippen LogP contribution in [0.1, 0.15) is 79.1 Å². The molecule has 0 aromatic rings. The summed E-state index contributed by atoms with van der Waals surface area (Å²) in [5.41, 5.74) is -0.419. The van der Waals surface area contributed by atoms with Gasteiger partial charge < -0.3 is 15.4 Å². The van der Waals surface area contributed by atoms with E-state index in [1.165, 1.54) is 44.9 Å². The van der Waals surface area contributed by atoms with E-state index in [1.807, 2.05) is 20.8 Å². The molecule has 0 heterocycles. The van der Waals surface area contributed by atoms with Gasteiger partial charge >= 0.3 is 6.09 Å². The van der Waals surface area contributed by atoms with Crippen molar-refractivity contribution < 1.29 is 9.53 Å². The van der Waals surface area contributed by atoms with Crippen LogP contribution in [0, 0.1) is 5.92 Å². The Morgan fingerprint density at radius 1 is 1.14 bits per heavy atom. The van der Waals surface area contributed by atoms with Gasteiger partial charge in [-0.15, -0.1) is 0 Å². The monoisotopic (exact) mass is 312 g/mol. The van der Waals surface area contributed by atoms with Gasteiger partial charge in [0.2, 0.25) is 0 Å². The van der Waals surface area contributed by atoms with Crippen molar-refractivity contribution in [1.82, 2.24) is 10.6 Å². The number of hydrogen-bond donors (Lipinski definition) is 2. The molecule has 22 heavy (non-hydrogen) atoms. The Balaban J connectivity index is 2.06. The molecule has 1 aliphatic carbocycles. The van der Waals surface area contributed by atoms with Crippen molar-refractivity contribution in [1.29, 1.82) is 0 Å². The molecule has 0 saturated heterocycles. The van der Waals surface area contributed by atoms with Gasteiger partial charge in [0.1, 0.15) is 5.60 Å². The van der Waals surface area contributed by atoms with E-state index in [9.17, 15) is 4.79 Å². The Bertz CT molecular complexity index is 313. The van der Waals surface area contributed by atoms with Gasteiger partial charge in [0.15, 0.2) is 0 Å².